The second kappa shape index (κ2) is 30.3. The molecule has 44 heavy (non-hydrogen) atoms. The molecule has 0 aromatic carbocycles. The van der Waals surface area contributed by atoms with Gasteiger partial charge in [0, 0.05) is 0 Å². The molecule has 0 bridgehead atoms. The first-order valence-electron chi connectivity index (χ1n) is 19.4. The highest BCUT2D eigenvalue weighted by atomic mass is 14.4. The van der Waals surface area contributed by atoms with E-state index in [1.807, 2.05) is 55.4 Å². The first kappa shape index (κ1) is 56.3. The smallest absolute Gasteiger partial charge is 0.0354 e. The summed E-state index contributed by atoms with van der Waals surface area (Å²) in [5.41, 5.74) is 2.36. The summed E-state index contributed by atoms with van der Waals surface area (Å²) in [5.74, 6) is 4.09. The minimum Gasteiger partial charge on any atom is -0.0776 e. The minimum atomic E-state index is 0. The molecule has 0 nitrogen and oxygen atoms in total. The molecule has 0 unspecified atom stereocenters. The van der Waals surface area contributed by atoms with E-state index in [9.17, 15) is 0 Å². The third kappa shape index (κ3) is 30.6. The Morgan fingerprint density at radius 1 is 0.250 bits per heavy atom. The van der Waals surface area contributed by atoms with Crippen molar-refractivity contribution in [2.24, 2.45) is 45.3 Å². The zero-order valence-corrected chi connectivity index (χ0v) is 34.2. The normalized spacial score (nSPS) is 18.3. The topological polar surface area (TPSA) is 0 Å². The molecule has 0 atom stereocenters. The van der Waals surface area contributed by atoms with E-state index in [2.05, 4.69) is 83.1 Å². The lowest BCUT2D eigenvalue weighted by molar-refractivity contribution is 0.141. The molecule has 0 saturated heterocycles. The summed E-state index contributed by atoms with van der Waals surface area (Å²) in [4.78, 5) is 0. The van der Waals surface area contributed by atoms with Crippen LogP contribution in [0.2, 0.25) is 0 Å². The van der Waals surface area contributed by atoms with Gasteiger partial charge >= 0.3 is 0 Å². The van der Waals surface area contributed by atoms with Crippen molar-refractivity contribution in [3.8, 4) is 0 Å². The van der Waals surface area contributed by atoms with Gasteiger partial charge in [-0.15, -0.1) is 0 Å². The first-order valence-corrected chi connectivity index (χ1v) is 19.4. The monoisotopic (exact) mass is 629 g/mol. The predicted molar refractivity (Wildman–Crippen MR) is 215 cm³/mol. The fraction of sp³-hybridized carbons (Fsp3) is 1.00. The molecular formula is C44H100. The summed E-state index contributed by atoms with van der Waals surface area (Å²) in [7, 11) is 0. The first-order chi connectivity index (χ1) is 19.4. The van der Waals surface area contributed by atoms with E-state index >= 15 is 0 Å². The van der Waals surface area contributed by atoms with Gasteiger partial charge in [0.05, 0.1) is 0 Å². The maximum atomic E-state index is 2.38. The number of hydrogen-bond donors (Lipinski definition) is 0. The lowest BCUT2D eigenvalue weighted by Crippen LogP contribution is -2.26. The summed E-state index contributed by atoms with van der Waals surface area (Å²) in [6, 6.07) is 0. The molecule has 276 valence electrons. The Morgan fingerprint density at radius 3 is 0.500 bits per heavy atom. The Bertz CT molecular complexity index is 506. The number of rotatable bonds is 0. The van der Waals surface area contributed by atoms with Crippen LogP contribution >= 0.6 is 0 Å². The highest BCUT2D eigenvalue weighted by Gasteiger charge is 2.33. The van der Waals surface area contributed by atoms with Crippen LogP contribution in [0.15, 0.2) is 0 Å². The van der Waals surface area contributed by atoms with E-state index in [0.29, 0.717) is 21.7 Å². The third-order valence-electron chi connectivity index (χ3n) is 9.54. The molecule has 4 aliphatic rings. The lowest BCUT2D eigenvalue weighted by Gasteiger charge is -2.37. The van der Waals surface area contributed by atoms with Gasteiger partial charge in [0.15, 0.2) is 0 Å². The maximum absolute atomic E-state index is 2.38. The van der Waals surface area contributed by atoms with Gasteiger partial charge in [-0.2, -0.15) is 0 Å². The van der Waals surface area contributed by atoms with Crippen LogP contribution in [0.3, 0.4) is 0 Å². The summed E-state index contributed by atoms with van der Waals surface area (Å²) >= 11 is 0. The largest absolute Gasteiger partial charge is 0.0776 e. The van der Waals surface area contributed by atoms with Crippen LogP contribution in [0, 0.1) is 45.3 Å². The van der Waals surface area contributed by atoms with Gasteiger partial charge in [-0.1, -0.05) is 192 Å². The van der Waals surface area contributed by atoms with E-state index in [0.717, 1.165) is 23.7 Å². The number of hydrogen-bond acceptors (Lipinski definition) is 0. The van der Waals surface area contributed by atoms with Gasteiger partial charge in [0.1, 0.15) is 0 Å². The van der Waals surface area contributed by atoms with E-state index in [1.165, 1.54) is 89.9 Å². The van der Waals surface area contributed by atoms with Crippen LogP contribution in [-0.2, 0) is 0 Å². The predicted octanol–water partition coefficient (Wildman–Crippen LogP) is 17.5. The van der Waals surface area contributed by atoms with Gasteiger partial charge in [-0.25, -0.2) is 0 Å². The van der Waals surface area contributed by atoms with Gasteiger partial charge in [-0.3, -0.25) is 0 Å². The Morgan fingerprint density at radius 2 is 0.409 bits per heavy atom. The molecule has 0 amide bonds. The van der Waals surface area contributed by atoms with Gasteiger partial charge in [0.2, 0.25) is 0 Å². The van der Waals surface area contributed by atoms with Crippen molar-refractivity contribution in [3.05, 3.63) is 0 Å². The zero-order chi connectivity index (χ0) is 34.2. The minimum absolute atomic E-state index is 0. The highest BCUT2D eigenvalue weighted by Crippen LogP contribution is 2.44. The van der Waals surface area contributed by atoms with Crippen LogP contribution < -0.4 is 0 Å². The summed E-state index contributed by atoms with van der Waals surface area (Å²) in [6.07, 6.45) is 20.7. The Balaban J connectivity index is -0.000000101. The average molecular weight is 629 g/mol. The molecule has 0 radical (unpaired) electrons. The van der Waals surface area contributed by atoms with Crippen molar-refractivity contribution in [2.75, 3.05) is 0 Å². The average Bonchev–Trinajstić information content (AvgIpc) is 3.62. The second-order valence-corrected chi connectivity index (χ2v) is 16.7. The zero-order valence-electron chi connectivity index (χ0n) is 34.2. The molecular weight excluding hydrogens is 528 g/mol. The van der Waals surface area contributed by atoms with Crippen molar-refractivity contribution in [2.45, 2.75) is 243 Å². The fourth-order valence-corrected chi connectivity index (χ4v) is 5.98. The fourth-order valence-electron chi connectivity index (χ4n) is 5.98. The SMILES string of the molecule is C.C.CC.CC.CC.CC.CC(C)(C)C1CC1.CC(C)(C)C1CCC1.CC(C)(C)C1CCCC1.CC(C)(C)C1CCCCC1. The molecule has 0 heterocycles. The Labute approximate surface area is 287 Å². The highest BCUT2D eigenvalue weighted by molar-refractivity contribution is 4.84. The molecule has 0 N–H and O–H groups in total. The molecule has 0 aromatic rings. The summed E-state index contributed by atoms with van der Waals surface area (Å²) in [5, 5.41) is 0. The van der Waals surface area contributed by atoms with Crippen LogP contribution in [-0.4, -0.2) is 0 Å². The second-order valence-electron chi connectivity index (χ2n) is 16.7. The molecule has 4 saturated carbocycles. The Kier molecular flexibility index (Phi) is 38.9. The van der Waals surface area contributed by atoms with E-state index in [1.54, 1.807) is 0 Å². The van der Waals surface area contributed by atoms with Crippen molar-refractivity contribution in [3.63, 3.8) is 0 Å². The van der Waals surface area contributed by atoms with E-state index in [4.69, 9.17) is 0 Å². The molecule has 0 heteroatoms. The van der Waals surface area contributed by atoms with Gasteiger partial charge < -0.3 is 0 Å². The molecule has 0 aliphatic heterocycles. The third-order valence-corrected chi connectivity index (χ3v) is 9.54. The molecule has 0 aromatic heterocycles. The Hall–Kier alpha value is 0. The summed E-state index contributed by atoms with van der Waals surface area (Å²) < 4.78 is 0. The van der Waals surface area contributed by atoms with E-state index < -0.39 is 0 Å². The quantitative estimate of drug-likeness (QED) is 0.250. The van der Waals surface area contributed by atoms with E-state index in [-0.39, 0.29) is 14.9 Å². The van der Waals surface area contributed by atoms with Crippen LogP contribution in [0.4, 0.5) is 0 Å². The van der Waals surface area contributed by atoms with Gasteiger partial charge in [0.25, 0.3) is 0 Å². The molecule has 4 rings (SSSR count). The summed E-state index contributed by atoms with van der Waals surface area (Å²) in [6.45, 7) is 44.2. The lowest BCUT2D eigenvalue weighted by atomic mass is 9.69. The van der Waals surface area contributed by atoms with Crippen molar-refractivity contribution in [1.29, 1.82) is 0 Å². The van der Waals surface area contributed by atoms with Crippen molar-refractivity contribution < 1.29 is 0 Å². The van der Waals surface area contributed by atoms with Crippen molar-refractivity contribution in [1.82, 2.24) is 0 Å². The molecule has 4 fully saturated rings. The molecule has 4 aliphatic carbocycles. The van der Waals surface area contributed by atoms with Crippen molar-refractivity contribution >= 4 is 0 Å². The van der Waals surface area contributed by atoms with Crippen LogP contribution in [0.1, 0.15) is 243 Å². The van der Waals surface area contributed by atoms with Gasteiger partial charge in [-0.05, 0) is 96.7 Å². The maximum Gasteiger partial charge on any atom is -0.0354 e. The standard InChI is InChI=1S/C10H20.C9H18.C8H16.C7H14.4C2H6.2CH4/c1-10(2,3)9-7-5-4-6-8-9;1-9(2,3)8-6-4-5-7-8;1-8(2,3)7-5-4-6-7;1-7(2,3)6-4-5-6;4*1-2;;/h9H,4-8H2,1-3H3;8H,4-7H2,1-3H3;7H,4-6H2,1-3H3;6H,4-5H2,1-3H3;4*1-2H3;2*1H4. The van der Waals surface area contributed by atoms with Crippen LogP contribution in [0.5, 0.6) is 0 Å². The molecule has 0 spiro atoms. The van der Waals surface area contributed by atoms with Crippen LogP contribution in [0.25, 0.3) is 0 Å².